The molecule has 156 valence electrons. The van der Waals surface area contributed by atoms with Gasteiger partial charge in [-0.1, -0.05) is 17.3 Å². The SMILES string of the molecule is Cc1noc(C2CCCN2C(=O)c2cc(Oc3ccc(CCN)cc3)ccc2F)n1. The van der Waals surface area contributed by atoms with E-state index in [0.29, 0.717) is 42.7 Å². The van der Waals surface area contributed by atoms with E-state index in [4.69, 9.17) is 15.0 Å². The molecular weight excluding hydrogens is 387 g/mol. The molecule has 2 aromatic carbocycles. The summed E-state index contributed by atoms with van der Waals surface area (Å²) in [6.45, 7) is 2.79. The van der Waals surface area contributed by atoms with Gasteiger partial charge in [-0.05, 0) is 68.6 Å². The third kappa shape index (κ3) is 4.18. The fraction of sp³-hybridized carbons (Fsp3) is 0.318. The second-order valence-electron chi connectivity index (χ2n) is 7.26. The molecule has 0 aliphatic carbocycles. The maximum atomic E-state index is 14.5. The summed E-state index contributed by atoms with van der Waals surface area (Å²) >= 11 is 0. The number of carbonyl (C=O) groups excluding carboxylic acids is 1. The van der Waals surface area contributed by atoms with E-state index in [1.54, 1.807) is 11.8 Å². The minimum atomic E-state index is -0.599. The molecule has 1 aliphatic heterocycles. The van der Waals surface area contributed by atoms with Gasteiger partial charge in [0.2, 0.25) is 5.89 Å². The monoisotopic (exact) mass is 410 g/mol. The molecule has 1 amide bonds. The van der Waals surface area contributed by atoms with Crippen LogP contribution in [0.3, 0.4) is 0 Å². The molecule has 3 aromatic rings. The molecular formula is C22H23FN4O3. The lowest BCUT2D eigenvalue weighted by Gasteiger charge is -2.22. The highest BCUT2D eigenvalue weighted by molar-refractivity contribution is 5.95. The van der Waals surface area contributed by atoms with Crippen LogP contribution in [0, 0.1) is 12.7 Å². The Balaban J connectivity index is 1.54. The van der Waals surface area contributed by atoms with Crippen LogP contribution in [0.1, 0.15) is 46.5 Å². The normalized spacial score (nSPS) is 16.1. The van der Waals surface area contributed by atoms with Gasteiger partial charge in [0.05, 0.1) is 5.56 Å². The Hall–Kier alpha value is -3.26. The van der Waals surface area contributed by atoms with Gasteiger partial charge in [-0.2, -0.15) is 4.98 Å². The van der Waals surface area contributed by atoms with Crippen LogP contribution >= 0.6 is 0 Å². The van der Waals surface area contributed by atoms with Crippen LogP contribution in [-0.4, -0.2) is 34.0 Å². The molecule has 2 N–H and O–H groups in total. The standard InChI is InChI=1S/C22H23FN4O3/c1-14-25-21(30-26-14)20-3-2-12-27(20)22(28)18-13-17(8-9-19(18)23)29-16-6-4-15(5-7-16)10-11-24/h4-9,13,20H,2-3,10-12,24H2,1H3. The largest absolute Gasteiger partial charge is 0.457 e. The molecule has 1 atom stereocenters. The van der Waals surface area contributed by atoms with Crippen molar-refractivity contribution >= 4 is 5.91 Å². The molecule has 30 heavy (non-hydrogen) atoms. The van der Waals surface area contributed by atoms with Crippen molar-refractivity contribution in [2.45, 2.75) is 32.2 Å². The van der Waals surface area contributed by atoms with Gasteiger partial charge in [0.25, 0.3) is 5.91 Å². The number of benzene rings is 2. The average Bonchev–Trinajstić information content (AvgIpc) is 3.39. The van der Waals surface area contributed by atoms with Crippen molar-refractivity contribution < 1.29 is 18.4 Å². The van der Waals surface area contributed by atoms with Gasteiger partial charge >= 0.3 is 0 Å². The topological polar surface area (TPSA) is 94.5 Å². The molecule has 1 saturated heterocycles. The number of hydrogen-bond donors (Lipinski definition) is 1. The highest BCUT2D eigenvalue weighted by Gasteiger charge is 2.35. The van der Waals surface area contributed by atoms with Crippen molar-refractivity contribution in [3.63, 3.8) is 0 Å². The van der Waals surface area contributed by atoms with E-state index in [1.165, 1.54) is 18.2 Å². The molecule has 4 rings (SSSR count). The predicted molar refractivity (Wildman–Crippen MR) is 108 cm³/mol. The zero-order valence-corrected chi connectivity index (χ0v) is 16.7. The first-order valence-corrected chi connectivity index (χ1v) is 9.93. The van der Waals surface area contributed by atoms with E-state index in [2.05, 4.69) is 10.1 Å². The van der Waals surface area contributed by atoms with Crippen molar-refractivity contribution in [2.75, 3.05) is 13.1 Å². The maximum Gasteiger partial charge on any atom is 0.257 e. The minimum absolute atomic E-state index is 0.0459. The molecule has 0 saturated carbocycles. The van der Waals surface area contributed by atoms with Crippen molar-refractivity contribution in [1.29, 1.82) is 0 Å². The van der Waals surface area contributed by atoms with Crippen LogP contribution < -0.4 is 10.5 Å². The summed E-state index contributed by atoms with van der Waals surface area (Å²) in [6.07, 6.45) is 2.26. The molecule has 1 unspecified atom stereocenters. The number of likely N-dealkylation sites (tertiary alicyclic amines) is 1. The first kappa shape index (κ1) is 20.0. The zero-order chi connectivity index (χ0) is 21.1. The third-order valence-corrected chi connectivity index (χ3v) is 5.10. The van der Waals surface area contributed by atoms with Gasteiger partial charge in [0, 0.05) is 6.54 Å². The third-order valence-electron chi connectivity index (χ3n) is 5.10. The van der Waals surface area contributed by atoms with Gasteiger partial charge in [0.15, 0.2) is 5.82 Å². The summed E-state index contributed by atoms with van der Waals surface area (Å²) < 4.78 is 25.6. The molecule has 1 fully saturated rings. The van der Waals surface area contributed by atoms with Gasteiger partial charge in [-0.3, -0.25) is 4.79 Å². The average molecular weight is 410 g/mol. The Kier molecular flexibility index (Phi) is 5.76. The van der Waals surface area contributed by atoms with E-state index in [1.807, 2.05) is 24.3 Å². The Morgan fingerprint density at radius 1 is 1.27 bits per heavy atom. The lowest BCUT2D eigenvalue weighted by Crippen LogP contribution is -2.31. The molecule has 0 spiro atoms. The number of amides is 1. The number of aromatic nitrogens is 2. The van der Waals surface area contributed by atoms with Crippen molar-refractivity contribution in [3.05, 3.63) is 71.1 Å². The number of hydrogen-bond acceptors (Lipinski definition) is 6. The van der Waals surface area contributed by atoms with Crippen LogP contribution in [0.15, 0.2) is 47.0 Å². The number of halogens is 1. The van der Waals surface area contributed by atoms with Crippen molar-refractivity contribution in [1.82, 2.24) is 15.0 Å². The van der Waals surface area contributed by atoms with Crippen LogP contribution in [0.25, 0.3) is 0 Å². The number of nitrogens with two attached hydrogens (primary N) is 1. The number of nitrogens with zero attached hydrogens (tertiary/aromatic N) is 3. The van der Waals surface area contributed by atoms with E-state index in [9.17, 15) is 9.18 Å². The molecule has 8 heteroatoms. The Morgan fingerprint density at radius 2 is 2.03 bits per heavy atom. The van der Waals surface area contributed by atoms with Gasteiger partial charge in [-0.25, -0.2) is 4.39 Å². The first-order chi connectivity index (χ1) is 14.5. The summed E-state index contributed by atoms with van der Waals surface area (Å²) in [5, 5.41) is 3.80. The Morgan fingerprint density at radius 3 is 2.73 bits per heavy atom. The maximum absolute atomic E-state index is 14.5. The second kappa shape index (κ2) is 8.62. The summed E-state index contributed by atoms with van der Waals surface area (Å²) in [5.41, 5.74) is 6.63. The summed E-state index contributed by atoms with van der Waals surface area (Å²) in [4.78, 5) is 18.9. The van der Waals surface area contributed by atoms with Crippen LogP contribution in [0.4, 0.5) is 4.39 Å². The fourth-order valence-corrected chi connectivity index (χ4v) is 3.63. The highest BCUT2D eigenvalue weighted by atomic mass is 19.1. The van der Waals surface area contributed by atoms with Gasteiger partial charge in [-0.15, -0.1) is 0 Å². The predicted octanol–water partition coefficient (Wildman–Crippen LogP) is 3.79. The van der Waals surface area contributed by atoms with E-state index in [0.717, 1.165) is 18.4 Å². The van der Waals surface area contributed by atoms with E-state index in [-0.39, 0.29) is 11.6 Å². The van der Waals surface area contributed by atoms with Crippen LogP contribution in [0.2, 0.25) is 0 Å². The summed E-state index contributed by atoms with van der Waals surface area (Å²) in [7, 11) is 0. The quantitative estimate of drug-likeness (QED) is 0.664. The van der Waals surface area contributed by atoms with Crippen molar-refractivity contribution in [2.24, 2.45) is 5.73 Å². The fourth-order valence-electron chi connectivity index (χ4n) is 3.63. The smallest absolute Gasteiger partial charge is 0.257 e. The van der Waals surface area contributed by atoms with Gasteiger partial charge < -0.3 is 19.9 Å². The highest BCUT2D eigenvalue weighted by Crippen LogP contribution is 2.33. The number of rotatable bonds is 6. The lowest BCUT2D eigenvalue weighted by molar-refractivity contribution is 0.0705. The Labute approximate surface area is 173 Å². The van der Waals surface area contributed by atoms with E-state index < -0.39 is 11.7 Å². The minimum Gasteiger partial charge on any atom is -0.457 e. The lowest BCUT2D eigenvalue weighted by atomic mass is 10.1. The first-order valence-electron chi connectivity index (χ1n) is 9.93. The second-order valence-corrected chi connectivity index (χ2v) is 7.26. The summed E-state index contributed by atoms with van der Waals surface area (Å²) in [5.74, 6) is 0.844. The molecule has 1 aromatic heterocycles. The molecule has 2 heterocycles. The Bertz CT molecular complexity index is 1040. The van der Waals surface area contributed by atoms with E-state index >= 15 is 0 Å². The molecule has 0 bridgehead atoms. The molecule has 1 aliphatic rings. The summed E-state index contributed by atoms with van der Waals surface area (Å²) in [6, 6.07) is 11.3. The van der Waals surface area contributed by atoms with Crippen LogP contribution in [-0.2, 0) is 6.42 Å². The molecule has 7 nitrogen and oxygen atoms in total. The zero-order valence-electron chi connectivity index (χ0n) is 16.7. The number of carbonyl (C=O) groups is 1. The van der Waals surface area contributed by atoms with Crippen LogP contribution in [0.5, 0.6) is 11.5 Å². The number of ether oxygens (including phenoxy) is 1. The van der Waals surface area contributed by atoms with Gasteiger partial charge in [0.1, 0.15) is 23.4 Å². The van der Waals surface area contributed by atoms with Crippen molar-refractivity contribution in [3.8, 4) is 11.5 Å². The number of aryl methyl sites for hydroxylation is 1. The molecule has 0 radical (unpaired) electrons.